The minimum absolute atomic E-state index is 0.234. The van der Waals surface area contributed by atoms with Crippen LogP contribution in [-0.2, 0) is 11.2 Å². The third-order valence-electron chi connectivity index (χ3n) is 3.22. The van der Waals surface area contributed by atoms with Crippen molar-refractivity contribution in [3.63, 3.8) is 0 Å². The molecule has 0 aliphatic heterocycles. The van der Waals surface area contributed by atoms with Gasteiger partial charge < -0.3 is 4.74 Å². The molecule has 1 nitrogen and oxygen atoms in total. The van der Waals surface area contributed by atoms with Crippen LogP contribution in [0.5, 0.6) is 0 Å². The summed E-state index contributed by atoms with van der Waals surface area (Å²) in [6, 6.07) is 10.7. The Labute approximate surface area is 134 Å². The van der Waals surface area contributed by atoms with Crippen LogP contribution < -0.4 is 0 Å². The Bertz CT molecular complexity index is 334. The van der Waals surface area contributed by atoms with Crippen LogP contribution in [0.25, 0.3) is 0 Å². The summed E-state index contributed by atoms with van der Waals surface area (Å²) in [5, 5.41) is 1.98. The molecule has 19 heavy (non-hydrogen) atoms. The summed E-state index contributed by atoms with van der Waals surface area (Å²) in [7, 11) is 0. The van der Waals surface area contributed by atoms with Crippen LogP contribution in [0.2, 0.25) is 0 Å². The molecule has 0 radical (unpaired) electrons. The zero-order chi connectivity index (χ0) is 14.1. The predicted molar refractivity (Wildman–Crippen MR) is 90.4 cm³/mol. The Balaban J connectivity index is 2.53. The average molecular weight is 392 g/mol. The van der Waals surface area contributed by atoms with Crippen LogP contribution in [0.3, 0.4) is 0 Å². The van der Waals surface area contributed by atoms with Gasteiger partial charge in [0, 0.05) is 23.9 Å². The van der Waals surface area contributed by atoms with E-state index in [4.69, 9.17) is 4.74 Å². The van der Waals surface area contributed by atoms with Gasteiger partial charge in [-0.2, -0.15) is 0 Å². The molecule has 108 valence electrons. The lowest BCUT2D eigenvalue weighted by atomic mass is 9.83. The Morgan fingerprint density at radius 1 is 1.11 bits per heavy atom. The molecule has 0 unspecified atom stereocenters. The van der Waals surface area contributed by atoms with Gasteiger partial charge in [0.15, 0.2) is 0 Å². The highest BCUT2D eigenvalue weighted by Crippen LogP contribution is 2.32. The van der Waals surface area contributed by atoms with Crippen molar-refractivity contribution in [1.29, 1.82) is 0 Å². The highest BCUT2D eigenvalue weighted by atomic mass is 79.9. The molecule has 0 N–H and O–H groups in total. The molecular weight excluding hydrogens is 368 g/mol. The molecule has 0 atom stereocenters. The molecular formula is C16H24Br2O. The molecule has 0 heterocycles. The summed E-state index contributed by atoms with van der Waals surface area (Å²) in [4.78, 5) is 0. The quantitative estimate of drug-likeness (QED) is 0.421. The lowest BCUT2D eigenvalue weighted by Crippen LogP contribution is -2.29. The minimum Gasteiger partial charge on any atom is -0.381 e. The van der Waals surface area contributed by atoms with E-state index in [1.54, 1.807) is 0 Å². The zero-order valence-corrected chi connectivity index (χ0v) is 15.0. The van der Waals surface area contributed by atoms with Gasteiger partial charge in [-0.15, -0.1) is 0 Å². The first-order chi connectivity index (χ1) is 9.12. The first kappa shape index (κ1) is 17.2. The maximum absolute atomic E-state index is 5.75. The highest BCUT2D eigenvalue weighted by Gasteiger charge is 2.28. The summed E-state index contributed by atoms with van der Waals surface area (Å²) in [6.07, 6.45) is 2.15. The van der Waals surface area contributed by atoms with Crippen LogP contribution >= 0.6 is 31.9 Å². The number of hydrogen-bond acceptors (Lipinski definition) is 1. The van der Waals surface area contributed by atoms with Gasteiger partial charge in [-0.05, 0) is 29.7 Å². The van der Waals surface area contributed by atoms with Gasteiger partial charge in [-0.1, -0.05) is 76.0 Å². The van der Waals surface area contributed by atoms with Crippen LogP contribution in [-0.4, -0.2) is 23.9 Å². The first-order valence-corrected chi connectivity index (χ1v) is 9.10. The Kier molecular flexibility index (Phi) is 8.27. The summed E-state index contributed by atoms with van der Waals surface area (Å²) in [5.74, 6) is 0.608. The molecule has 0 saturated heterocycles. The highest BCUT2D eigenvalue weighted by molar-refractivity contribution is 9.09. The van der Waals surface area contributed by atoms with E-state index in [1.165, 1.54) is 5.56 Å². The number of hydrogen-bond donors (Lipinski definition) is 0. The molecule has 0 aliphatic rings. The molecule has 0 amide bonds. The van der Waals surface area contributed by atoms with E-state index in [1.807, 2.05) is 0 Å². The van der Waals surface area contributed by atoms with E-state index in [0.29, 0.717) is 5.92 Å². The zero-order valence-electron chi connectivity index (χ0n) is 11.9. The van der Waals surface area contributed by atoms with Crippen LogP contribution in [0.1, 0.15) is 25.8 Å². The SMILES string of the molecule is CC(C)COCCC(CBr)(CBr)Cc1ccccc1. The summed E-state index contributed by atoms with van der Waals surface area (Å²) in [5.41, 5.74) is 1.63. The molecule has 1 rings (SSSR count). The largest absolute Gasteiger partial charge is 0.381 e. The molecule has 0 saturated carbocycles. The summed E-state index contributed by atoms with van der Waals surface area (Å²) >= 11 is 7.37. The predicted octanol–water partition coefficient (Wildman–Crippen LogP) is 5.07. The summed E-state index contributed by atoms with van der Waals surface area (Å²) in [6.45, 7) is 6.06. The Morgan fingerprint density at radius 2 is 1.74 bits per heavy atom. The number of alkyl halides is 2. The van der Waals surface area contributed by atoms with Gasteiger partial charge in [-0.25, -0.2) is 0 Å². The molecule has 1 aromatic rings. The normalized spacial score (nSPS) is 12.1. The van der Waals surface area contributed by atoms with Crippen molar-refractivity contribution in [2.24, 2.45) is 11.3 Å². The minimum atomic E-state index is 0.234. The third kappa shape index (κ3) is 6.42. The smallest absolute Gasteiger partial charge is 0.0488 e. The molecule has 0 aliphatic carbocycles. The fourth-order valence-corrected chi connectivity index (χ4v) is 3.87. The maximum atomic E-state index is 5.75. The van der Waals surface area contributed by atoms with Gasteiger partial charge in [0.1, 0.15) is 0 Å². The van der Waals surface area contributed by atoms with Crippen molar-refractivity contribution in [1.82, 2.24) is 0 Å². The van der Waals surface area contributed by atoms with E-state index in [-0.39, 0.29) is 5.41 Å². The van der Waals surface area contributed by atoms with E-state index < -0.39 is 0 Å². The van der Waals surface area contributed by atoms with E-state index in [0.717, 1.165) is 36.7 Å². The Hall–Kier alpha value is 0.140. The first-order valence-electron chi connectivity index (χ1n) is 6.85. The second-order valence-corrected chi connectivity index (χ2v) is 6.77. The fourth-order valence-electron chi connectivity index (χ4n) is 1.99. The van der Waals surface area contributed by atoms with Crippen molar-refractivity contribution in [3.8, 4) is 0 Å². The molecule has 0 aromatic heterocycles. The standard InChI is InChI=1S/C16H24Br2O/c1-14(2)11-19-9-8-16(12-17,13-18)10-15-6-4-3-5-7-15/h3-7,14H,8-13H2,1-2H3. The number of rotatable bonds is 9. The topological polar surface area (TPSA) is 9.23 Å². The lowest BCUT2D eigenvalue weighted by Gasteiger charge is -2.30. The number of ether oxygens (including phenoxy) is 1. The van der Waals surface area contributed by atoms with Gasteiger partial charge in [-0.3, -0.25) is 0 Å². The van der Waals surface area contributed by atoms with Gasteiger partial charge >= 0.3 is 0 Å². The van der Waals surface area contributed by atoms with Crippen molar-refractivity contribution >= 4 is 31.9 Å². The van der Waals surface area contributed by atoms with E-state index in [9.17, 15) is 0 Å². The van der Waals surface area contributed by atoms with Crippen molar-refractivity contribution in [2.45, 2.75) is 26.7 Å². The molecule has 0 fully saturated rings. The molecule has 1 aromatic carbocycles. The monoisotopic (exact) mass is 390 g/mol. The third-order valence-corrected chi connectivity index (χ3v) is 5.60. The van der Waals surface area contributed by atoms with E-state index in [2.05, 4.69) is 76.0 Å². The maximum Gasteiger partial charge on any atom is 0.0488 e. The van der Waals surface area contributed by atoms with Crippen LogP contribution in [0.4, 0.5) is 0 Å². The van der Waals surface area contributed by atoms with Gasteiger partial charge in [0.25, 0.3) is 0 Å². The molecule has 0 spiro atoms. The lowest BCUT2D eigenvalue weighted by molar-refractivity contribution is 0.0870. The van der Waals surface area contributed by atoms with E-state index >= 15 is 0 Å². The number of benzene rings is 1. The van der Waals surface area contributed by atoms with Crippen molar-refractivity contribution in [2.75, 3.05) is 23.9 Å². The fraction of sp³-hybridized carbons (Fsp3) is 0.625. The van der Waals surface area contributed by atoms with Crippen molar-refractivity contribution < 1.29 is 4.74 Å². The summed E-state index contributed by atoms with van der Waals surface area (Å²) < 4.78 is 5.75. The van der Waals surface area contributed by atoms with Gasteiger partial charge in [0.2, 0.25) is 0 Å². The van der Waals surface area contributed by atoms with Gasteiger partial charge in [0.05, 0.1) is 0 Å². The average Bonchev–Trinajstić information content (AvgIpc) is 2.43. The van der Waals surface area contributed by atoms with Crippen molar-refractivity contribution in [3.05, 3.63) is 35.9 Å². The second-order valence-electron chi connectivity index (χ2n) is 5.65. The Morgan fingerprint density at radius 3 is 2.26 bits per heavy atom. The van der Waals surface area contributed by atoms with Crippen LogP contribution in [0, 0.1) is 11.3 Å². The van der Waals surface area contributed by atoms with Crippen LogP contribution in [0.15, 0.2) is 30.3 Å². The number of halogens is 2. The molecule has 0 bridgehead atoms. The second kappa shape index (κ2) is 9.15. The molecule has 3 heteroatoms.